The maximum Gasteiger partial charge on any atom is 0.412 e. The van der Waals surface area contributed by atoms with E-state index in [1.54, 1.807) is 51.5 Å². The zero-order chi connectivity index (χ0) is 22.4. The summed E-state index contributed by atoms with van der Waals surface area (Å²) in [6, 6.07) is 1.82. The first-order valence-electron chi connectivity index (χ1n) is 9.76. The number of amides is 3. The molecule has 1 fully saturated rings. The summed E-state index contributed by atoms with van der Waals surface area (Å²) < 4.78 is 5.36. The van der Waals surface area contributed by atoms with Crippen molar-refractivity contribution in [2.24, 2.45) is 0 Å². The molecule has 2 rings (SSSR count). The third-order valence-corrected chi connectivity index (χ3v) is 6.24. The number of carbonyl (C=O) groups excluding carboxylic acids is 3. The predicted octanol–water partition coefficient (Wildman–Crippen LogP) is 4.09. The van der Waals surface area contributed by atoms with Gasteiger partial charge in [0.15, 0.2) is 0 Å². The van der Waals surface area contributed by atoms with Crippen molar-refractivity contribution in [3.8, 4) is 0 Å². The van der Waals surface area contributed by atoms with Gasteiger partial charge in [-0.25, -0.2) is 4.79 Å². The van der Waals surface area contributed by atoms with Crippen LogP contribution in [0.3, 0.4) is 0 Å². The molecule has 162 valence electrons. The first-order chi connectivity index (χ1) is 13.0. The molecule has 0 radical (unpaired) electrons. The van der Waals surface area contributed by atoms with Gasteiger partial charge in [0.2, 0.25) is 5.91 Å². The smallest absolute Gasteiger partial charge is 0.412 e. The maximum absolute atomic E-state index is 13.5. The Morgan fingerprint density at radius 1 is 1.14 bits per heavy atom. The highest BCUT2D eigenvalue weighted by molar-refractivity contribution is 7.16. The van der Waals surface area contributed by atoms with E-state index >= 15 is 0 Å². The Morgan fingerprint density at radius 2 is 1.72 bits per heavy atom. The molecule has 1 aliphatic rings. The molecule has 0 aliphatic carbocycles. The molecule has 0 spiro atoms. The van der Waals surface area contributed by atoms with Gasteiger partial charge in [-0.2, -0.15) is 0 Å². The lowest BCUT2D eigenvalue weighted by Crippen LogP contribution is -2.63. The lowest BCUT2D eigenvalue weighted by molar-refractivity contribution is -0.144. The SMILES string of the molecule is CN1CCN(C(=O)c2cc(C(C)(C)C)sc2NC(=O)OC(C)(C)C)C(C)(C)C1=O. The summed E-state index contributed by atoms with van der Waals surface area (Å²) in [7, 11) is 1.74. The number of nitrogens with one attached hydrogen (secondary N) is 1. The van der Waals surface area contributed by atoms with Gasteiger partial charge in [0.25, 0.3) is 5.91 Å². The molecule has 1 aromatic heterocycles. The molecule has 7 nitrogen and oxygen atoms in total. The van der Waals surface area contributed by atoms with Crippen LogP contribution in [0.15, 0.2) is 6.07 Å². The zero-order valence-electron chi connectivity index (χ0n) is 18.9. The minimum absolute atomic E-state index is 0.106. The van der Waals surface area contributed by atoms with Crippen molar-refractivity contribution in [1.82, 2.24) is 9.80 Å². The fourth-order valence-electron chi connectivity index (χ4n) is 3.12. The number of nitrogens with zero attached hydrogens (tertiary/aromatic N) is 2. The van der Waals surface area contributed by atoms with Crippen LogP contribution in [0.1, 0.15) is 70.6 Å². The van der Waals surface area contributed by atoms with Crippen LogP contribution >= 0.6 is 11.3 Å². The average Bonchev–Trinajstić information content (AvgIpc) is 2.94. The van der Waals surface area contributed by atoms with Crippen molar-refractivity contribution in [2.75, 3.05) is 25.5 Å². The Hall–Kier alpha value is -2.09. The summed E-state index contributed by atoms with van der Waals surface area (Å²) in [5.74, 6) is -0.376. The standard InChI is InChI=1S/C21H33N3O4S/c1-19(2,3)14-12-13(15(29-14)22-18(27)28-20(4,5)6)16(25)24-11-10-23(9)17(26)21(24,7)8/h12H,10-11H2,1-9H3,(H,22,27). The van der Waals surface area contributed by atoms with Gasteiger partial charge in [-0.1, -0.05) is 20.8 Å². The average molecular weight is 424 g/mol. The van der Waals surface area contributed by atoms with Crippen LogP contribution in [-0.2, 0) is 14.9 Å². The van der Waals surface area contributed by atoms with Gasteiger partial charge in [-0.3, -0.25) is 14.9 Å². The molecule has 1 aromatic rings. The summed E-state index contributed by atoms with van der Waals surface area (Å²) in [5, 5.41) is 3.18. The van der Waals surface area contributed by atoms with Crippen LogP contribution in [0.4, 0.5) is 9.80 Å². The van der Waals surface area contributed by atoms with Crippen molar-refractivity contribution in [2.45, 2.75) is 71.9 Å². The summed E-state index contributed by atoms with van der Waals surface area (Å²) in [5.41, 5.74) is -1.42. The molecule has 0 saturated carbocycles. The van der Waals surface area contributed by atoms with Crippen molar-refractivity contribution >= 4 is 34.2 Å². The third-order valence-electron chi connectivity index (χ3n) is 4.77. The van der Waals surface area contributed by atoms with Crippen LogP contribution in [0.2, 0.25) is 0 Å². The Bertz CT molecular complexity index is 815. The van der Waals surface area contributed by atoms with Gasteiger partial charge in [-0.15, -0.1) is 11.3 Å². The molecule has 2 heterocycles. The van der Waals surface area contributed by atoms with Gasteiger partial charge in [0, 0.05) is 25.0 Å². The molecule has 0 unspecified atom stereocenters. The Labute approximate surface area is 177 Å². The minimum atomic E-state index is -0.961. The molecule has 29 heavy (non-hydrogen) atoms. The van der Waals surface area contributed by atoms with E-state index in [9.17, 15) is 14.4 Å². The first-order valence-corrected chi connectivity index (χ1v) is 10.6. The maximum atomic E-state index is 13.5. The van der Waals surface area contributed by atoms with Crippen LogP contribution in [0.25, 0.3) is 0 Å². The van der Waals surface area contributed by atoms with Crippen molar-refractivity contribution in [3.05, 3.63) is 16.5 Å². The van der Waals surface area contributed by atoms with Crippen molar-refractivity contribution < 1.29 is 19.1 Å². The van der Waals surface area contributed by atoms with E-state index < -0.39 is 17.2 Å². The Balaban J connectivity index is 2.42. The van der Waals surface area contributed by atoms with Gasteiger partial charge < -0.3 is 14.5 Å². The number of likely N-dealkylation sites (N-methyl/N-ethyl adjacent to an activating group) is 1. The second-order valence-electron chi connectivity index (χ2n) is 9.97. The number of anilines is 1. The van der Waals surface area contributed by atoms with E-state index in [2.05, 4.69) is 5.32 Å². The highest BCUT2D eigenvalue weighted by Crippen LogP contribution is 2.38. The summed E-state index contributed by atoms with van der Waals surface area (Å²) >= 11 is 1.36. The van der Waals surface area contributed by atoms with E-state index in [-0.39, 0.29) is 17.2 Å². The van der Waals surface area contributed by atoms with Crippen LogP contribution in [-0.4, -0.2) is 59.0 Å². The Kier molecular flexibility index (Phi) is 6.10. The molecule has 1 saturated heterocycles. The van der Waals surface area contributed by atoms with E-state index in [4.69, 9.17) is 4.74 Å². The highest BCUT2D eigenvalue weighted by Gasteiger charge is 2.44. The predicted molar refractivity (Wildman–Crippen MR) is 116 cm³/mol. The molecule has 8 heteroatoms. The normalized spacial score (nSPS) is 17.3. The topological polar surface area (TPSA) is 78.9 Å². The molecule has 1 aliphatic heterocycles. The quantitative estimate of drug-likeness (QED) is 0.777. The second-order valence-corrected chi connectivity index (χ2v) is 11.0. The highest BCUT2D eigenvalue weighted by atomic mass is 32.1. The number of hydrogen-bond acceptors (Lipinski definition) is 5. The fraction of sp³-hybridized carbons (Fsp3) is 0.667. The second kappa shape index (κ2) is 7.63. The molecule has 0 atom stereocenters. The number of ether oxygens (including phenoxy) is 1. The van der Waals surface area contributed by atoms with E-state index in [1.807, 2.05) is 26.8 Å². The number of piperazine rings is 1. The Morgan fingerprint density at radius 3 is 2.24 bits per heavy atom. The molecule has 0 aromatic carbocycles. The van der Waals surface area contributed by atoms with Gasteiger partial charge in [-0.05, 0) is 46.1 Å². The largest absolute Gasteiger partial charge is 0.444 e. The molecular formula is C21H33N3O4S. The summed E-state index contributed by atoms with van der Waals surface area (Å²) in [4.78, 5) is 42.6. The molecule has 3 amide bonds. The monoisotopic (exact) mass is 423 g/mol. The molecular weight excluding hydrogens is 390 g/mol. The minimum Gasteiger partial charge on any atom is -0.444 e. The number of hydrogen-bond donors (Lipinski definition) is 1. The van der Waals surface area contributed by atoms with E-state index in [0.717, 1.165) is 4.88 Å². The fourth-order valence-corrected chi connectivity index (χ4v) is 4.22. The third kappa shape index (κ3) is 5.10. The lowest BCUT2D eigenvalue weighted by Gasteiger charge is -2.44. The van der Waals surface area contributed by atoms with Gasteiger partial charge in [0.05, 0.1) is 5.56 Å². The summed E-state index contributed by atoms with van der Waals surface area (Å²) in [6.07, 6.45) is -0.609. The molecule has 0 bridgehead atoms. The van der Waals surface area contributed by atoms with Crippen LogP contribution in [0.5, 0.6) is 0 Å². The van der Waals surface area contributed by atoms with Gasteiger partial charge >= 0.3 is 6.09 Å². The molecule has 1 N–H and O–H groups in total. The summed E-state index contributed by atoms with van der Waals surface area (Å²) in [6.45, 7) is 15.9. The van der Waals surface area contributed by atoms with Crippen LogP contribution < -0.4 is 5.32 Å². The lowest BCUT2D eigenvalue weighted by atomic mass is 9.93. The number of carbonyl (C=O) groups is 3. The number of thiophene rings is 1. The zero-order valence-corrected chi connectivity index (χ0v) is 19.7. The van der Waals surface area contributed by atoms with Crippen LogP contribution in [0, 0.1) is 0 Å². The van der Waals surface area contributed by atoms with Crippen molar-refractivity contribution in [3.63, 3.8) is 0 Å². The first kappa shape index (κ1) is 23.2. The van der Waals surface area contributed by atoms with Gasteiger partial charge in [0.1, 0.15) is 16.1 Å². The number of rotatable bonds is 2. The van der Waals surface area contributed by atoms with E-state index in [0.29, 0.717) is 23.7 Å². The van der Waals surface area contributed by atoms with Crippen molar-refractivity contribution in [1.29, 1.82) is 0 Å². The van der Waals surface area contributed by atoms with E-state index in [1.165, 1.54) is 11.3 Å².